The van der Waals surface area contributed by atoms with Crippen molar-refractivity contribution in [3.63, 3.8) is 0 Å². The Morgan fingerprint density at radius 1 is 1.29 bits per heavy atom. The fourth-order valence-electron chi connectivity index (χ4n) is 3.75. The molecule has 1 amide bonds. The maximum absolute atomic E-state index is 13.0. The Balaban J connectivity index is 1.91. The molecule has 116 valence electrons. The largest absolute Gasteiger partial charge is 0.331 e. The zero-order valence-corrected chi connectivity index (χ0v) is 13.5. The van der Waals surface area contributed by atoms with Gasteiger partial charge in [0.1, 0.15) is 0 Å². The molecule has 1 aromatic rings. The average Bonchev–Trinajstić information content (AvgIpc) is 2.87. The van der Waals surface area contributed by atoms with Crippen molar-refractivity contribution < 1.29 is 4.79 Å². The van der Waals surface area contributed by atoms with E-state index in [0.29, 0.717) is 12.1 Å². The Hall–Kier alpha value is -1.36. The molecule has 0 aromatic carbocycles. The number of nitrogens with zero attached hydrogens (tertiary/aromatic N) is 3. The van der Waals surface area contributed by atoms with Crippen LogP contribution >= 0.6 is 0 Å². The van der Waals surface area contributed by atoms with Gasteiger partial charge in [0.15, 0.2) is 0 Å². The Labute approximate surface area is 126 Å². The number of fused-ring (bicyclic) bond motifs is 2. The van der Waals surface area contributed by atoms with E-state index in [0.717, 1.165) is 43.6 Å². The first kappa shape index (κ1) is 14.6. The normalized spacial score (nSPS) is 26.0. The second kappa shape index (κ2) is 5.13. The molecule has 5 heteroatoms. The highest BCUT2D eigenvalue weighted by molar-refractivity contribution is 5.95. The summed E-state index contributed by atoms with van der Waals surface area (Å²) in [7, 11) is 0. The van der Waals surface area contributed by atoms with Crippen LogP contribution in [0.5, 0.6) is 0 Å². The number of nitrogens with one attached hydrogen (secondary N) is 1. The number of amides is 1. The van der Waals surface area contributed by atoms with Gasteiger partial charge in [0, 0.05) is 24.3 Å². The standard InChI is InChI=1S/C16H26N4O/c1-11-14(10-18-20(11)16(2,3)4)15(21)19-12-5-6-13(19)9-17-8-7-12/h10,12-13,17H,5-9H2,1-4H3. The average molecular weight is 290 g/mol. The van der Waals surface area contributed by atoms with Gasteiger partial charge in [0.25, 0.3) is 5.91 Å². The number of aromatic nitrogens is 2. The molecule has 2 saturated heterocycles. The molecule has 0 spiro atoms. The van der Waals surface area contributed by atoms with Crippen LogP contribution in [0, 0.1) is 6.92 Å². The van der Waals surface area contributed by atoms with Gasteiger partial charge in [-0.25, -0.2) is 0 Å². The predicted molar refractivity (Wildman–Crippen MR) is 82.4 cm³/mol. The second-order valence-electron chi connectivity index (χ2n) is 7.32. The summed E-state index contributed by atoms with van der Waals surface area (Å²) in [5.41, 5.74) is 1.65. The molecule has 0 radical (unpaired) electrons. The number of carbonyl (C=O) groups is 1. The zero-order chi connectivity index (χ0) is 15.2. The molecule has 5 nitrogen and oxygen atoms in total. The highest BCUT2D eigenvalue weighted by Gasteiger charge is 2.39. The predicted octanol–water partition coefficient (Wildman–Crippen LogP) is 1.91. The molecule has 2 aliphatic rings. The van der Waals surface area contributed by atoms with E-state index in [-0.39, 0.29) is 11.4 Å². The van der Waals surface area contributed by atoms with E-state index in [4.69, 9.17) is 0 Å². The van der Waals surface area contributed by atoms with Gasteiger partial charge in [-0.15, -0.1) is 0 Å². The summed E-state index contributed by atoms with van der Waals surface area (Å²) in [5.74, 6) is 0.166. The van der Waals surface area contributed by atoms with Gasteiger partial charge >= 0.3 is 0 Å². The molecule has 1 N–H and O–H groups in total. The quantitative estimate of drug-likeness (QED) is 0.859. The Bertz CT molecular complexity index is 529. The molecule has 1 aromatic heterocycles. The summed E-state index contributed by atoms with van der Waals surface area (Å²) < 4.78 is 1.96. The van der Waals surface area contributed by atoms with Gasteiger partial charge in [-0.3, -0.25) is 9.48 Å². The van der Waals surface area contributed by atoms with Crippen molar-refractivity contribution in [3.05, 3.63) is 17.5 Å². The van der Waals surface area contributed by atoms with Crippen molar-refractivity contribution >= 4 is 5.91 Å². The third-order valence-corrected chi connectivity index (χ3v) is 4.76. The SMILES string of the molecule is Cc1c(C(=O)N2C3CCNCC2CC3)cnn1C(C)(C)C. The van der Waals surface area contributed by atoms with Crippen LogP contribution in [0.3, 0.4) is 0 Å². The summed E-state index contributed by atoms with van der Waals surface area (Å²) in [6.07, 6.45) is 5.08. The van der Waals surface area contributed by atoms with Crippen molar-refractivity contribution in [2.75, 3.05) is 13.1 Å². The fraction of sp³-hybridized carbons (Fsp3) is 0.750. The van der Waals surface area contributed by atoms with Gasteiger partial charge in [0.2, 0.25) is 0 Å². The van der Waals surface area contributed by atoms with Gasteiger partial charge in [-0.2, -0.15) is 5.10 Å². The third kappa shape index (κ3) is 2.48. The van der Waals surface area contributed by atoms with Crippen molar-refractivity contribution in [1.82, 2.24) is 20.0 Å². The van der Waals surface area contributed by atoms with Gasteiger partial charge < -0.3 is 10.2 Å². The summed E-state index contributed by atoms with van der Waals surface area (Å²) in [4.78, 5) is 15.1. The molecular formula is C16H26N4O. The topological polar surface area (TPSA) is 50.2 Å². The highest BCUT2D eigenvalue weighted by atomic mass is 16.2. The molecule has 0 aliphatic carbocycles. The zero-order valence-electron chi connectivity index (χ0n) is 13.5. The van der Waals surface area contributed by atoms with Gasteiger partial charge in [-0.1, -0.05) is 0 Å². The van der Waals surface area contributed by atoms with Crippen molar-refractivity contribution in [2.45, 2.75) is 64.6 Å². The maximum atomic E-state index is 13.0. The minimum Gasteiger partial charge on any atom is -0.331 e. The summed E-state index contributed by atoms with van der Waals surface area (Å²) in [5, 5.41) is 7.89. The lowest BCUT2D eigenvalue weighted by Gasteiger charge is -2.28. The molecule has 2 bridgehead atoms. The first-order valence-electron chi connectivity index (χ1n) is 7.98. The van der Waals surface area contributed by atoms with Crippen LogP contribution in [0.4, 0.5) is 0 Å². The Morgan fingerprint density at radius 2 is 2.00 bits per heavy atom. The summed E-state index contributed by atoms with van der Waals surface area (Å²) in [6, 6.07) is 0.747. The summed E-state index contributed by atoms with van der Waals surface area (Å²) in [6.45, 7) is 10.3. The van der Waals surface area contributed by atoms with Gasteiger partial charge in [0.05, 0.1) is 17.3 Å². The second-order valence-corrected chi connectivity index (χ2v) is 7.32. The molecule has 2 aliphatic heterocycles. The van der Waals surface area contributed by atoms with E-state index in [1.165, 1.54) is 0 Å². The van der Waals surface area contributed by atoms with Gasteiger partial charge in [-0.05, 0) is 53.5 Å². The van der Waals surface area contributed by atoms with Crippen LogP contribution in [0.2, 0.25) is 0 Å². The first-order valence-corrected chi connectivity index (χ1v) is 7.98. The first-order chi connectivity index (χ1) is 9.89. The lowest BCUT2D eigenvalue weighted by Crippen LogP contribution is -2.42. The van der Waals surface area contributed by atoms with Crippen LogP contribution in [0.1, 0.15) is 56.1 Å². The van der Waals surface area contributed by atoms with Crippen LogP contribution in [0.25, 0.3) is 0 Å². The van der Waals surface area contributed by atoms with E-state index in [1.54, 1.807) is 6.20 Å². The maximum Gasteiger partial charge on any atom is 0.257 e. The minimum absolute atomic E-state index is 0.0953. The van der Waals surface area contributed by atoms with E-state index in [1.807, 2.05) is 11.6 Å². The Kier molecular flexibility index (Phi) is 3.56. The van der Waals surface area contributed by atoms with Crippen LogP contribution < -0.4 is 5.32 Å². The molecule has 2 atom stereocenters. The molecule has 3 heterocycles. The third-order valence-electron chi connectivity index (χ3n) is 4.76. The Morgan fingerprint density at radius 3 is 2.67 bits per heavy atom. The molecular weight excluding hydrogens is 264 g/mol. The number of rotatable bonds is 1. The molecule has 0 saturated carbocycles. The lowest BCUT2D eigenvalue weighted by molar-refractivity contribution is 0.0679. The minimum atomic E-state index is -0.0953. The van der Waals surface area contributed by atoms with Crippen molar-refractivity contribution in [2.24, 2.45) is 0 Å². The molecule has 21 heavy (non-hydrogen) atoms. The highest BCUT2D eigenvalue weighted by Crippen LogP contribution is 2.30. The molecule has 3 rings (SSSR count). The van der Waals surface area contributed by atoms with Crippen LogP contribution in [-0.2, 0) is 5.54 Å². The number of hydrogen-bond acceptors (Lipinski definition) is 3. The smallest absolute Gasteiger partial charge is 0.257 e. The van der Waals surface area contributed by atoms with E-state index < -0.39 is 0 Å². The molecule has 2 fully saturated rings. The lowest BCUT2D eigenvalue weighted by atomic mass is 10.1. The van der Waals surface area contributed by atoms with E-state index in [9.17, 15) is 4.79 Å². The summed E-state index contributed by atoms with van der Waals surface area (Å²) >= 11 is 0. The number of hydrogen-bond donors (Lipinski definition) is 1. The van der Waals surface area contributed by atoms with E-state index >= 15 is 0 Å². The van der Waals surface area contributed by atoms with Crippen molar-refractivity contribution in [3.8, 4) is 0 Å². The fourth-order valence-corrected chi connectivity index (χ4v) is 3.75. The molecule has 2 unspecified atom stereocenters. The monoisotopic (exact) mass is 290 g/mol. The van der Waals surface area contributed by atoms with Crippen LogP contribution in [0.15, 0.2) is 6.20 Å². The van der Waals surface area contributed by atoms with Crippen molar-refractivity contribution in [1.29, 1.82) is 0 Å². The van der Waals surface area contributed by atoms with Crippen LogP contribution in [-0.4, -0.2) is 45.8 Å². The number of carbonyl (C=O) groups excluding carboxylic acids is 1. The van der Waals surface area contributed by atoms with E-state index in [2.05, 4.69) is 36.1 Å².